The van der Waals surface area contributed by atoms with E-state index in [1.165, 1.54) is 0 Å². The van der Waals surface area contributed by atoms with Gasteiger partial charge in [0.15, 0.2) is 0 Å². The van der Waals surface area contributed by atoms with Crippen LogP contribution in [0.5, 0.6) is 0 Å². The summed E-state index contributed by atoms with van der Waals surface area (Å²) < 4.78 is 11.4. The van der Waals surface area contributed by atoms with Crippen LogP contribution in [0.1, 0.15) is 6.42 Å². The summed E-state index contributed by atoms with van der Waals surface area (Å²) in [5.74, 6) is 0.700. The fourth-order valence-electron chi connectivity index (χ4n) is 1.36. The normalized spacial score (nSPS) is 33.9. The number of carbonyl (C=O) groups excluding carboxylic acids is 1. The Kier molecular flexibility index (Phi) is 2.08. The highest BCUT2D eigenvalue weighted by Crippen LogP contribution is 2.29. The lowest BCUT2D eigenvalue weighted by Crippen LogP contribution is -2.54. The van der Waals surface area contributed by atoms with Crippen LogP contribution in [0.25, 0.3) is 0 Å². The molecule has 0 saturated carbocycles. The van der Waals surface area contributed by atoms with Crippen LogP contribution < -0.4 is 0 Å². The summed E-state index contributed by atoms with van der Waals surface area (Å²) in [5, 5.41) is 0.676. The van der Waals surface area contributed by atoms with Crippen molar-refractivity contribution >= 4 is 32.6 Å². The van der Waals surface area contributed by atoms with Gasteiger partial charge in [0, 0.05) is 28.1 Å². The zero-order valence-electron chi connectivity index (χ0n) is 6.33. The summed E-state index contributed by atoms with van der Waals surface area (Å²) in [7, 11) is -0.872. The van der Waals surface area contributed by atoms with Gasteiger partial charge < -0.3 is 4.90 Å². The highest BCUT2D eigenvalue weighted by atomic mass is 79.9. The lowest BCUT2D eigenvalue weighted by Gasteiger charge is -2.40. The molecule has 0 N–H and O–H groups in total. The average molecular weight is 250 g/mol. The van der Waals surface area contributed by atoms with Gasteiger partial charge in [-0.25, -0.2) is 0 Å². The maximum Gasteiger partial charge on any atom is 0.230 e. The Morgan fingerprint density at radius 1 is 1.75 bits per heavy atom. The number of β-lactam (4-membered cyclic amide) rings is 1. The molecular formula is C7H8BrNO2S. The van der Waals surface area contributed by atoms with Crippen molar-refractivity contribution in [2.75, 3.05) is 11.1 Å². The second kappa shape index (κ2) is 2.96. The molecule has 5 heteroatoms. The quantitative estimate of drug-likeness (QED) is 0.504. The summed E-state index contributed by atoms with van der Waals surface area (Å²) >= 11 is 3.29. The van der Waals surface area contributed by atoms with Crippen molar-refractivity contribution < 1.29 is 9.00 Å². The Balaban J connectivity index is 2.24. The van der Waals surface area contributed by atoms with Crippen LogP contribution in [0, 0.1) is 0 Å². The van der Waals surface area contributed by atoms with Crippen LogP contribution in [-0.4, -0.2) is 31.5 Å². The van der Waals surface area contributed by atoms with Crippen LogP contribution in [0.15, 0.2) is 11.8 Å². The van der Waals surface area contributed by atoms with Crippen molar-refractivity contribution in [3.63, 3.8) is 0 Å². The molecule has 2 heterocycles. The number of hydrogen-bond acceptors (Lipinski definition) is 2. The smallest absolute Gasteiger partial charge is 0.230 e. The van der Waals surface area contributed by atoms with E-state index in [9.17, 15) is 9.00 Å². The number of amides is 1. The summed E-state index contributed by atoms with van der Waals surface area (Å²) in [6.45, 7) is 0. The standard InChI is InChI=1S/C7H8BrNO2S/c8-2-5-3-9-6(10)1-7(9)12(11)4-5/h3,7H,1-2,4H2/t7-,12?/m1/s1. The van der Waals surface area contributed by atoms with Gasteiger partial charge in [0.25, 0.3) is 0 Å². The third kappa shape index (κ3) is 1.15. The van der Waals surface area contributed by atoms with E-state index in [0.717, 1.165) is 5.57 Å². The monoisotopic (exact) mass is 249 g/mol. The zero-order valence-corrected chi connectivity index (χ0v) is 8.73. The Hall–Kier alpha value is -0.160. The van der Waals surface area contributed by atoms with Crippen molar-refractivity contribution in [1.29, 1.82) is 0 Å². The van der Waals surface area contributed by atoms with Gasteiger partial charge in [-0.05, 0) is 5.57 Å². The molecule has 0 aromatic heterocycles. The Morgan fingerprint density at radius 2 is 2.50 bits per heavy atom. The topological polar surface area (TPSA) is 37.4 Å². The zero-order chi connectivity index (χ0) is 8.72. The Labute approximate surface area is 81.4 Å². The number of fused-ring (bicyclic) bond motifs is 1. The number of nitrogens with zero attached hydrogens (tertiary/aromatic N) is 1. The Morgan fingerprint density at radius 3 is 3.08 bits per heavy atom. The first-order valence-electron chi connectivity index (χ1n) is 3.66. The second-order valence-corrected chi connectivity index (χ2v) is 5.06. The van der Waals surface area contributed by atoms with Gasteiger partial charge >= 0.3 is 0 Å². The number of rotatable bonds is 1. The van der Waals surface area contributed by atoms with E-state index in [4.69, 9.17) is 0 Å². The summed E-state index contributed by atoms with van der Waals surface area (Å²) in [6.07, 6.45) is 2.28. The van der Waals surface area contributed by atoms with Crippen LogP contribution in [-0.2, 0) is 15.6 Å². The predicted octanol–water partition coefficient (Wildman–Crippen LogP) is 0.586. The molecular weight excluding hydrogens is 242 g/mol. The largest absolute Gasteiger partial charge is 0.303 e. The maximum atomic E-state index is 11.4. The molecule has 1 saturated heterocycles. The molecule has 2 atom stereocenters. The molecule has 2 aliphatic heterocycles. The predicted molar refractivity (Wildman–Crippen MR) is 50.1 cm³/mol. The van der Waals surface area contributed by atoms with E-state index in [2.05, 4.69) is 15.9 Å². The molecule has 0 aromatic rings. The lowest BCUT2D eigenvalue weighted by atomic mass is 10.2. The minimum absolute atomic E-state index is 0.0275. The van der Waals surface area contributed by atoms with Crippen LogP contribution in [0.2, 0.25) is 0 Å². The van der Waals surface area contributed by atoms with Gasteiger partial charge in [0.05, 0.1) is 6.42 Å². The van der Waals surface area contributed by atoms with Gasteiger partial charge in [0.1, 0.15) is 5.37 Å². The van der Waals surface area contributed by atoms with Gasteiger partial charge in [0.2, 0.25) is 5.91 Å². The highest BCUT2D eigenvalue weighted by Gasteiger charge is 2.41. The molecule has 1 fully saturated rings. The van der Waals surface area contributed by atoms with Crippen molar-refractivity contribution in [3.05, 3.63) is 11.8 Å². The third-order valence-corrected chi connectivity index (χ3v) is 4.45. The first-order chi connectivity index (χ1) is 5.72. The van der Waals surface area contributed by atoms with Crippen LogP contribution >= 0.6 is 15.9 Å². The molecule has 1 unspecified atom stereocenters. The molecule has 2 aliphatic rings. The molecule has 12 heavy (non-hydrogen) atoms. The number of carbonyl (C=O) groups is 1. The van der Waals surface area contributed by atoms with Crippen LogP contribution in [0.3, 0.4) is 0 Å². The minimum Gasteiger partial charge on any atom is -0.303 e. The summed E-state index contributed by atoms with van der Waals surface area (Å²) in [5.41, 5.74) is 1.04. The fraction of sp³-hybridized carbons (Fsp3) is 0.571. The fourth-order valence-corrected chi connectivity index (χ4v) is 3.46. The third-order valence-electron chi connectivity index (χ3n) is 2.07. The molecule has 0 bridgehead atoms. The first-order valence-corrected chi connectivity index (χ1v) is 6.16. The SMILES string of the molecule is O=C1C[C@@H]2N1C=C(CBr)CS2=O. The summed E-state index contributed by atoms with van der Waals surface area (Å²) in [6, 6.07) is 0. The van der Waals surface area contributed by atoms with Gasteiger partial charge in [-0.1, -0.05) is 15.9 Å². The van der Waals surface area contributed by atoms with Gasteiger partial charge in [-0.3, -0.25) is 9.00 Å². The first kappa shape index (κ1) is 8.44. The van der Waals surface area contributed by atoms with E-state index >= 15 is 0 Å². The van der Waals surface area contributed by atoms with E-state index in [1.54, 1.807) is 4.90 Å². The molecule has 0 aliphatic carbocycles. The molecule has 0 spiro atoms. The van der Waals surface area contributed by atoms with Gasteiger partial charge in [-0.2, -0.15) is 0 Å². The van der Waals surface area contributed by atoms with Crippen LogP contribution in [0.4, 0.5) is 0 Å². The van der Waals surface area contributed by atoms with Crippen molar-refractivity contribution in [2.45, 2.75) is 11.8 Å². The van der Waals surface area contributed by atoms with Crippen molar-refractivity contribution in [1.82, 2.24) is 4.90 Å². The van der Waals surface area contributed by atoms with Gasteiger partial charge in [-0.15, -0.1) is 0 Å². The highest BCUT2D eigenvalue weighted by molar-refractivity contribution is 9.09. The lowest BCUT2D eigenvalue weighted by molar-refractivity contribution is -0.137. The van der Waals surface area contributed by atoms with E-state index in [-0.39, 0.29) is 11.3 Å². The molecule has 1 amide bonds. The van der Waals surface area contributed by atoms with E-state index in [0.29, 0.717) is 17.5 Å². The number of halogens is 1. The van der Waals surface area contributed by atoms with E-state index < -0.39 is 10.8 Å². The molecule has 3 nitrogen and oxygen atoms in total. The van der Waals surface area contributed by atoms with E-state index in [1.807, 2.05) is 6.20 Å². The Bertz CT molecular complexity index is 289. The van der Waals surface area contributed by atoms with Crippen molar-refractivity contribution in [3.8, 4) is 0 Å². The minimum atomic E-state index is -0.872. The second-order valence-electron chi connectivity index (χ2n) is 2.91. The molecule has 0 aromatic carbocycles. The molecule has 0 radical (unpaired) electrons. The molecule has 66 valence electrons. The molecule has 2 rings (SSSR count). The van der Waals surface area contributed by atoms with Crippen molar-refractivity contribution in [2.24, 2.45) is 0 Å². The number of hydrogen-bond donors (Lipinski definition) is 0. The summed E-state index contributed by atoms with van der Waals surface area (Å²) in [4.78, 5) is 12.6. The average Bonchev–Trinajstić information content (AvgIpc) is 2.06. The number of alkyl halides is 1. The maximum absolute atomic E-state index is 11.4.